The monoisotopic (exact) mass is 408 g/mol. The minimum atomic E-state index is -0.173. The number of carbonyl (C=O) groups excluding carboxylic acids is 1. The molecule has 6 nitrogen and oxygen atoms in total. The number of hydrogen-bond donors (Lipinski definition) is 1. The minimum Gasteiger partial charge on any atom is -0.369 e. The number of aromatic nitrogens is 2. The molecule has 0 saturated carbocycles. The third-order valence-electron chi connectivity index (χ3n) is 5.73. The second-order valence-electron chi connectivity index (χ2n) is 9.41. The SMILES string of the molecule is Cc1nccc(-c2ccc3c(c2)CCCCC3NC(=O)N2CC(OC(C)(C)C)C2)n1. The number of amides is 2. The quantitative estimate of drug-likeness (QED) is 0.763. The average Bonchev–Trinajstić information content (AvgIpc) is 2.85. The van der Waals surface area contributed by atoms with Gasteiger partial charge >= 0.3 is 6.03 Å². The third kappa shape index (κ3) is 4.81. The molecule has 1 aromatic carbocycles. The number of nitrogens with one attached hydrogen (secondary N) is 1. The van der Waals surface area contributed by atoms with Crippen molar-refractivity contribution in [3.05, 3.63) is 47.4 Å². The van der Waals surface area contributed by atoms with E-state index >= 15 is 0 Å². The summed E-state index contributed by atoms with van der Waals surface area (Å²) in [7, 11) is 0. The van der Waals surface area contributed by atoms with E-state index in [-0.39, 0.29) is 23.8 Å². The molecule has 0 radical (unpaired) electrons. The van der Waals surface area contributed by atoms with Crippen LogP contribution in [0.4, 0.5) is 4.79 Å². The molecule has 1 saturated heterocycles. The lowest BCUT2D eigenvalue weighted by molar-refractivity contribution is -0.111. The highest BCUT2D eigenvalue weighted by Crippen LogP contribution is 2.32. The van der Waals surface area contributed by atoms with Crippen LogP contribution in [0.15, 0.2) is 30.5 Å². The number of benzene rings is 1. The Labute approximate surface area is 179 Å². The molecule has 1 unspecified atom stereocenters. The Morgan fingerprint density at radius 1 is 1.20 bits per heavy atom. The van der Waals surface area contributed by atoms with Crippen LogP contribution in [0, 0.1) is 6.92 Å². The topological polar surface area (TPSA) is 67.4 Å². The lowest BCUT2D eigenvalue weighted by atomic mass is 9.95. The number of rotatable bonds is 3. The fraction of sp³-hybridized carbons (Fsp3) is 0.542. The Balaban J connectivity index is 1.45. The van der Waals surface area contributed by atoms with Crippen molar-refractivity contribution in [2.24, 2.45) is 0 Å². The zero-order valence-corrected chi connectivity index (χ0v) is 18.4. The maximum absolute atomic E-state index is 12.8. The molecule has 4 rings (SSSR count). The van der Waals surface area contributed by atoms with Crippen LogP contribution in [0.2, 0.25) is 0 Å². The first-order valence-corrected chi connectivity index (χ1v) is 10.9. The van der Waals surface area contributed by atoms with E-state index in [1.807, 2.05) is 17.9 Å². The molecule has 160 valence electrons. The van der Waals surface area contributed by atoms with E-state index in [0.717, 1.165) is 42.8 Å². The van der Waals surface area contributed by atoms with Crippen molar-refractivity contribution in [3.8, 4) is 11.3 Å². The number of nitrogens with zero attached hydrogens (tertiary/aromatic N) is 3. The maximum atomic E-state index is 12.8. The summed E-state index contributed by atoms with van der Waals surface area (Å²) in [5.41, 5.74) is 4.42. The van der Waals surface area contributed by atoms with Gasteiger partial charge in [-0.3, -0.25) is 0 Å². The molecule has 0 bridgehead atoms. The molecule has 1 N–H and O–H groups in total. The predicted octanol–water partition coefficient (Wildman–Crippen LogP) is 4.43. The average molecular weight is 409 g/mol. The number of urea groups is 1. The lowest BCUT2D eigenvalue weighted by Crippen LogP contribution is -2.59. The molecule has 2 aliphatic rings. The Bertz CT molecular complexity index is 916. The summed E-state index contributed by atoms with van der Waals surface area (Å²) in [5, 5.41) is 3.27. The van der Waals surface area contributed by atoms with Crippen LogP contribution in [0.3, 0.4) is 0 Å². The third-order valence-corrected chi connectivity index (χ3v) is 5.73. The van der Waals surface area contributed by atoms with Crippen molar-refractivity contribution >= 4 is 6.03 Å². The highest BCUT2D eigenvalue weighted by atomic mass is 16.5. The lowest BCUT2D eigenvalue weighted by Gasteiger charge is -2.42. The largest absolute Gasteiger partial charge is 0.369 e. The summed E-state index contributed by atoms with van der Waals surface area (Å²) in [5.74, 6) is 0.774. The van der Waals surface area contributed by atoms with Gasteiger partial charge in [0.2, 0.25) is 0 Å². The van der Waals surface area contributed by atoms with E-state index in [9.17, 15) is 4.79 Å². The molecular formula is C24H32N4O2. The molecule has 30 heavy (non-hydrogen) atoms. The number of carbonyl (C=O) groups is 1. The van der Waals surface area contributed by atoms with Crippen LogP contribution in [0.25, 0.3) is 11.3 Å². The Morgan fingerprint density at radius 3 is 2.73 bits per heavy atom. The van der Waals surface area contributed by atoms with Crippen molar-refractivity contribution in [1.82, 2.24) is 20.2 Å². The first-order chi connectivity index (χ1) is 14.3. The molecule has 2 amide bonds. The predicted molar refractivity (Wildman–Crippen MR) is 117 cm³/mol. The summed E-state index contributed by atoms with van der Waals surface area (Å²) in [6.45, 7) is 9.38. The number of hydrogen-bond acceptors (Lipinski definition) is 4. The fourth-order valence-electron chi connectivity index (χ4n) is 4.33. The molecule has 2 aromatic rings. The molecule has 1 aromatic heterocycles. The van der Waals surface area contributed by atoms with Gasteiger partial charge in [0.15, 0.2) is 0 Å². The zero-order chi connectivity index (χ0) is 21.3. The second-order valence-corrected chi connectivity index (χ2v) is 9.41. The van der Waals surface area contributed by atoms with Gasteiger partial charge in [-0.15, -0.1) is 0 Å². The van der Waals surface area contributed by atoms with Gasteiger partial charge in [0.05, 0.1) is 36.5 Å². The molecule has 1 aliphatic carbocycles. The summed E-state index contributed by atoms with van der Waals surface area (Å²) in [6.07, 6.45) is 6.19. The minimum absolute atomic E-state index is 0.0112. The molecule has 1 atom stereocenters. The second kappa shape index (κ2) is 8.34. The van der Waals surface area contributed by atoms with E-state index in [2.05, 4.69) is 54.3 Å². The zero-order valence-electron chi connectivity index (χ0n) is 18.4. The highest BCUT2D eigenvalue weighted by Gasteiger charge is 2.35. The smallest absolute Gasteiger partial charge is 0.318 e. The van der Waals surface area contributed by atoms with Crippen LogP contribution >= 0.6 is 0 Å². The Kier molecular flexibility index (Phi) is 5.78. The maximum Gasteiger partial charge on any atom is 0.318 e. The van der Waals surface area contributed by atoms with E-state index in [1.165, 1.54) is 11.1 Å². The molecular weight excluding hydrogens is 376 g/mol. The normalized spacial score (nSPS) is 19.6. The van der Waals surface area contributed by atoms with Crippen LogP contribution in [0.5, 0.6) is 0 Å². The number of fused-ring (bicyclic) bond motifs is 1. The first-order valence-electron chi connectivity index (χ1n) is 10.9. The molecule has 6 heteroatoms. The molecule has 2 heterocycles. The van der Waals surface area contributed by atoms with Gasteiger partial charge in [-0.1, -0.05) is 18.6 Å². The Hall–Kier alpha value is -2.47. The van der Waals surface area contributed by atoms with Crippen LogP contribution < -0.4 is 5.32 Å². The van der Waals surface area contributed by atoms with Gasteiger partial charge in [-0.2, -0.15) is 0 Å². The van der Waals surface area contributed by atoms with Crippen molar-refractivity contribution < 1.29 is 9.53 Å². The van der Waals surface area contributed by atoms with Gasteiger partial charge < -0.3 is 15.0 Å². The summed E-state index contributed by atoms with van der Waals surface area (Å²) in [4.78, 5) is 23.4. The molecule has 0 spiro atoms. The van der Waals surface area contributed by atoms with Gasteiger partial charge in [-0.05, 0) is 70.2 Å². The number of aryl methyl sites for hydroxylation is 2. The summed E-state index contributed by atoms with van der Waals surface area (Å²) < 4.78 is 5.95. The molecule has 1 aliphatic heterocycles. The van der Waals surface area contributed by atoms with Crippen LogP contribution in [-0.4, -0.2) is 45.7 Å². The Morgan fingerprint density at radius 2 is 2.00 bits per heavy atom. The number of ether oxygens (including phenoxy) is 1. The standard InChI is InChI=1S/C24H32N4O2/c1-16-25-12-11-21(26-16)18-9-10-20-17(13-18)7-5-6-8-22(20)27-23(29)28-14-19(15-28)30-24(2,3)4/h9-13,19,22H,5-8,14-15H2,1-4H3,(H,27,29). The van der Waals surface area contributed by atoms with Gasteiger partial charge in [0, 0.05) is 11.8 Å². The summed E-state index contributed by atoms with van der Waals surface area (Å²) in [6, 6.07) is 8.53. The summed E-state index contributed by atoms with van der Waals surface area (Å²) >= 11 is 0. The first kappa shape index (κ1) is 20.8. The van der Waals surface area contributed by atoms with Gasteiger partial charge in [0.1, 0.15) is 5.82 Å². The van der Waals surface area contributed by atoms with Crippen molar-refractivity contribution in [1.29, 1.82) is 0 Å². The van der Waals surface area contributed by atoms with Crippen molar-refractivity contribution in [3.63, 3.8) is 0 Å². The van der Waals surface area contributed by atoms with E-state index in [0.29, 0.717) is 13.1 Å². The van der Waals surface area contributed by atoms with E-state index in [4.69, 9.17) is 4.74 Å². The van der Waals surface area contributed by atoms with E-state index in [1.54, 1.807) is 6.20 Å². The van der Waals surface area contributed by atoms with Gasteiger partial charge in [-0.25, -0.2) is 14.8 Å². The van der Waals surface area contributed by atoms with Crippen LogP contribution in [0.1, 0.15) is 63.0 Å². The van der Waals surface area contributed by atoms with Gasteiger partial charge in [0.25, 0.3) is 0 Å². The fourth-order valence-corrected chi connectivity index (χ4v) is 4.33. The van der Waals surface area contributed by atoms with Crippen molar-refractivity contribution in [2.45, 2.75) is 71.1 Å². The molecule has 1 fully saturated rings. The van der Waals surface area contributed by atoms with Crippen molar-refractivity contribution in [2.75, 3.05) is 13.1 Å². The highest BCUT2D eigenvalue weighted by molar-refractivity contribution is 5.76. The van der Waals surface area contributed by atoms with Crippen LogP contribution in [-0.2, 0) is 11.2 Å². The number of likely N-dealkylation sites (tertiary alicyclic amines) is 1. The van der Waals surface area contributed by atoms with E-state index < -0.39 is 0 Å².